The maximum absolute atomic E-state index is 3.66. The molecule has 0 saturated heterocycles. The third-order valence-corrected chi connectivity index (χ3v) is 1.31. The van der Waals surface area contributed by atoms with Gasteiger partial charge in [-0.3, -0.25) is 6.08 Å². The first-order chi connectivity index (χ1) is 7.97. The molecule has 0 heterocycles. The summed E-state index contributed by atoms with van der Waals surface area (Å²) in [6, 6.07) is 0. The van der Waals surface area contributed by atoms with Crippen LogP contribution in [-0.2, 0) is 21.7 Å². The van der Waals surface area contributed by atoms with Gasteiger partial charge in [-0.2, -0.15) is 34.3 Å². The summed E-state index contributed by atoms with van der Waals surface area (Å²) in [4.78, 5) is 0. The van der Waals surface area contributed by atoms with Crippen molar-refractivity contribution in [3.05, 3.63) is 66.7 Å². The van der Waals surface area contributed by atoms with Crippen LogP contribution < -0.4 is 0 Å². The fourth-order valence-corrected chi connectivity index (χ4v) is 0.340. The summed E-state index contributed by atoms with van der Waals surface area (Å²) in [6.07, 6.45) is 10.0. The van der Waals surface area contributed by atoms with Crippen molar-refractivity contribution < 1.29 is 21.7 Å². The Kier molecular flexibility index (Phi) is 50.1. The molecule has 1 aliphatic rings. The van der Waals surface area contributed by atoms with Crippen molar-refractivity contribution >= 4 is 0 Å². The van der Waals surface area contributed by atoms with Crippen molar-refractivity contribution in [1.29, 1.82) is 0 Å². The number of rotatable bonds is 1. The molecule has 0 saturated carbocycles. The summed E-state index contributed by atoms with van der Waals surface area (Å²) < 4.78 is 0. The Morgan fingerprint density at radius 1 is 1.00 bits per heavy atom. The van der Waals surface area contributed by atoms with Crippen molar-refractivity contribution in [1.82, 2.24) is 0 Å². The van der Waals surface area contributed by atoms with E-state index in [0.29, 0.717) is 0 Å². The van der Waals surface area contributed by atoms with Gasteiger partial charge in [-0.1, -0.05) is 24.3 Å². The Balaban J connectivity index is -0.0000000463. The molecule has 0 N–H and O–H groups in total. The predicted molar refractivity (Wildman–Crippen MR) is 88.0 cm³/mol. The number of hydrogen-bond acceptors (Lipinski definition) is 0. The van der Waals surface area contributed by atoms with Crippen molar-refractivity contribution in [2.45, 2.75) is 20.3 Å². The predicted octanol–water partition coefficient (Wildman–Crippen LogP) is 5.13. The quantitative estimate of drug-likeness (QED) is 0.365. The molecule has 0 amide bonds. The van der Waals surface area contributed by atoms with Gasteiger partial charge < -0.3 is 18.1 Å². The number of hydrogen-bond donors (Lipinski definition) is 0. The second kappa shape index (κ2) is 30.5. The van der Waals surface area contributed by atoms with E-state index in [0.717, 1.165) is 17.6 Å². The Hall–Kier alpha value is -0.406. The van der Waals surface area contributed by atoms with E-state index in [-0.39, 0.29) is 29.1 Å². The first-order valence-corrected chi connectivity index (χ1v) is 5.46. The van der Waals surface area contributed by atoms with E-state index in [4.69, 9.17) is 0 Å². The maximum Gasteiger partial charge on any atom is 4.00 e. The van der Waals surface area contributed by atoms with Crippen LogP contribution in [0.2, 0.25) is 0 Å². The molecule has 0 atom stereocenters. The molecule has 1 rings (SSSR count). The fraction of sp³-hybridized carbons (Fsp3) is 0.438. The molecule has 0 aromatic heterocycles. The second-order valence-electron chi connectivity index (χ2n) is 3.46. The Labute approximate surface area is 137 Å². The number of nitrogens with zero attached hydrogens (tertiary/aromatic N) is 2. The van der Waals surface area contributed by atoms with Gasteiger partial charge in [0.05, 0.1) is 0 Å². The largest absolute Gasteiger partial charge is 4.00 e. The van der Waals surface area contributed by atoms with Gasteiger partial charge in [0.25, 0.3) is 0 Å². The molecule has 108 valence electrons. The van der Waals surface area contributed by atoms with Crippen LogP contribution in [0, 0.1) is 13.5 Å². The molecule has 0 spiro atoms. The van der Waals surface area contributed by atoms with E-state index >= 15 is 0 Å². The van der Waals surface area contributed by atoms with Gasteiger partial charge >= 0.3 is 21.7 Å². The van der Waals surface area contributed by atoms with Crippen LogP contribution >= 0.6 is 0 Å². The Morgan fingerprint density at radius 2 is 1.32 bits per heavy atom. The van der Waals surface area contributed by atoms with Gasteiger partial charge in [0.2, 0.25) is 0 Å². The van der Waals surface area contributed by atoms with Crippen LogP contribution in [0.4, 0.5) is 0 Å². The molecule has 1 aliphatic carbocycles. The van der Waals surface area contributed by atoms with Crippen LogP contribution in [0.15, 0.2) is 42.5 Å². The topological polar surface area (TPSA) is 28.2 Å². The molecular formula is C16H30N2Ti. The normalized spacial score (nSPS) is 8.95. The SMILES string of the molecule is C=C(C)C(=C)C.C[N-]C.C[N-]C.[C-]1=CC=CC1.[CH3-].[Ti+4]. The van der Waals surface area contributed by atoms with Crippen LogP contribution in [0.5, 0.6) is 0 Å². The molecular weight excluding hydrogens is 268 g/mol. The molecule has 0 aliphatic heterocycles. The Morgan fingerprint density at radius 3 is 1.37 bits per heavy atom. The second-order valence-corrected chi connectivity index (χ2v) is 3.46. The van der Waals surface area contributed by atoms with E-state index in [1.54, 1.807) is 28.2 Å². The van der Waals surface area contributed by atoms with Gasteiger partial charge in [-0.15, -0.1) is 6.42 Å². The zero-order valence-electron chi connectivity index (χ0n) is 13.7. The molecule has 2 nitrogen and oxygen atoms in total. The minimum absolute atomic E-state index is 0. The minimum Gasteiger partial charge on any atom is -0.668 e. The summed E-state index contributed by atoms with van der Waals surface area (Å²) in [5.41, 5.74) is 2.13. The third-order valence-electron chi connectivity index (χ3n) is 1.31. The van der Waals surface area contributed by atoms with Gasteiger partial charge in [0.15, 0.2) is 0 Å². The molecule has 0 aromatic rings. The molecule has 19 heavy (non-hydrogen) atoms. The van der Waals surface area contributed by atoms with E-state index in [1.165, 1.54) is 0 Å². The van der Waals surface area contributed by atoms with Crippen LogP contribution in [0.25, 0.3) is 10.6 Å². The maximum atomic E-state index is 3.66. The van der Waals surface area contributed by atoms with E-state index < -0.39 is 0 Å². The van der Waals surface area contributed by atoms with Crippen molar-refractivity contribution in [2.75, 3.05) is 28.2 Å². The van der Waals surface area contributed by atoms with Gasteiger partial charge in [0.1, 0.15) is 0 Å². The average Bonchev–Trinajstić information content (AvgIpc) is 2.77. The molecule has 3 heteroatoms. The van der Waals surface area contributed by atoms with Gasteiger partial charge in [-0.05, 0) is 13.8 Å². The average molecular weight is 298 g/mol. The molecule has 0 fully saturated rings. The van der Waals surface area contributed by atoms with E-state index in [1.807, 2.05) is 26.0 Å². The Bertz CT molecular complexity index is 207. The van der Waals surface area contributed by atoms with Crippen molar-refractivity contribution in [2.24, 2.45) is 0 Å². The molecule has 0 bridgehead atoms. The molecule has 0 radical (unpaired) electrons. The fourth-order valence-electron chi connectivity index (χ4n) is 0.340. The first-order valence-electron chi connectivity index (χ1n) is 5.46. The molecule has 0 unspecified atom stereocenters. The molecule has 0 aromatic carbocycles. The van der Waals surface area contributed by atoms with Crippen molar-refractivity contribution in [3.8, 4) is 0 Å². The van der Waals surface area contributed by atoms with Gasteiger partial charge in [-0.25, -0.2) is 12.2 Å². The summed E-state index contributed by atoms with van der Waals surface area (Å²) in [6.45, 7) is 11.2. The summed E-state index contributed by atoms with van der Waals surface area (Å²) >= 11 is 0. The van der Waals surface area contributed by atoms with Crippen LogP contribution in [-0.4, -0.2) is 28.2 Å². The zero-order valence-corrected chi connectivity index (χ0v) is 15.3. The van der Waals surface area contributed by atoms with E-state index in [9.17, 15) is 0 Å². The zero-order chi connectivity index (χ0) is 14.1. The first kappa shape index (κ1) is 31.1. The van der Waals surface area contributed by atoms with E-state index in [2.05, 4.69) is 35.9 Å². The minimum atomic E-state index is 0. The standard InChI is InChI=1S/C6H10.C5H5.2C2H6N.CH3.Ti/c1-5(2)6(3)4;1-2-4-5-3-1;2*1-3-2;;/h1,3H2,2,4H3;1-3H,4H2;2*1-2H3;1H3;/q;4*-1;+4. The van der Waals surface area contributed by atoms with Crippen LogP contribution in [0.3, 0.4) is 0 Å². The monoisotopic (exact) mass is 298 g/mol. The smallest absolute Gasteiger partial charge is 0.668 e. The third kappa shape index (κ3) is 57.9. The summed E-state index contributed by atoms with van der Waals surface area (Å²) in [5, 5.41) is 7.00. The summed E-state index contributed by atoms with van der Waals surface area (Å²) in [7, 11) is 7.00. The number of allylic oxidation sites excluding steroid dienone is 6. The van der Waals surface area contributed by atoms with Crippen molar-refractivity contribution in [3.63, 3.8) is 0 Å². The van der Waals surface area contributed by atoms with Gasteiger partial charge in [0, 0.05) is 0 Å². The van der Waals surface area contributed by atoms with Crippen LogP contribution in [0.1, 0.15) is 20.3 Å². The summed E-state index contributed by atoms with van der Waals surface area (Å²) in [5.74, 6) is 0.